The number of nitrogens with two attached hydrogens (primary N) is 1. The van der Waals surface area contributed by atoms with E-state index < -0.39 is 0 Å². The molecule has 0 heterocycles. The summed E-state index contributed by atoms with van der Waals surface area (Å²) >= 11 is 0. The molecule has 0 aromatic heterocycles. The Morgan fingerprint density at radius 3 is 2.65 bits per heavy atom. The highest BCUT2D eigenvalue weighted by molar-refractivity contribution is 14.0. The van der Waals surface area contributed by atoms with Gasteiger partial charge in [0.05, 0.1) is 6.10 Å². The lowest BCUT2D eigenvalue weighted by Crippen LogP contribution is -2.32. The summed E-state index contributed by atoms with van der Waals surface area (Å²) in [6.07, 6.45) is 11.6. The van der Waals surface area contributed by atoms with Crippen LogP contribution < -0.4 is 11.1 Å². The Morgan fingerprint density at radius 2 is 1.95 bits per heavy atom. The molecule has 1 aliphatic carbocycles. The van der Waals surface area contributed by atoms with Crippen LogP contribution >= 0.6 is 24.0 Å². The summed E-state index contributed by atoms with van der Waals surface area (Å²) in [5.74, 6) is 0.581. The molecule has 0 bridgehead atoms. The van der Waals surface area contributed by atoms with Crippen LogP contribution in [0.15, 0.2) is 4.99 Å². The van der Waals surface area contributed by atoms with Gasteiger partial charge in [-0.25, -0.2) is 0 Å². The third-order valence-corrected chi connectivity index (χ3v) is 3.58. The Kier molecular flexibility index (Phi) is 13.9. The standard InChI is InChI=1S/C15H31N3O.HI/c1-2-3-4-7-11-17-15(16)18-12-8-13-19-14-9-5-6-10-14;/h14H,2-13H2,1H3,(H3,16,17,18);1H. The lowest BCUT2D eigenvalue weighted by atomic mass is 10.2. The van der Waals surface area contributed by atoms with Crippen molar-refractivity contribution >= 4 is 29.9 Å². The molecule has 0 aromatic rings. The van der Waals surface area contributed by atoms with E-state index in [4.69, 9.17) is 10.5 Å². The molecule has 20 heavy (non-hydrogen) atoms. The molecule has 0 amide bonds. The summed E-state index contributed by atoms with van der Waals surface area (Å²) in [6.45, 7) is 4.74. The number of hydrogen-bond acceptors (Lipinski definition) is 2. The largest absolute Gasteiger partial charge is 0.378 e. The van der Waals surface area contributed by atoms with Crippen molar-refractivity contribution in [2.24, 2.45) is 10.7 Å². The average molecular weight is 397 g/mol. The zero-order chi connectivity index (χ0) is 13.8. The Morgan fingerprint density at radius 1 is 1.20 bits per heavy atom. The predicted molar refractivity (Wildman–Crippen MR) is 96.9 cm³/mol. The molecule has 0 aliphatic heterocycles. The van der Waals surface area contributed by atoms with Gasteiger partial charge in [-0.05, 0) is 25.7 Å². The summed E-state index contributed by atoms with van der Waals surface area (Å²) in [6, 6.07) is 0. The normalized spacial score (nSPS) is 16.1. The first-order chi connectivity index (χ1) is 9.33. The molecule has 4 nitrogen and oxygen atoms in total. The molecule has 0 unspecified atom stereocenters. The van der Waals surface area contributed by atoms with E-state index in [9.17, 15) is 0 Å². The van der Waals surface area contributed by atoms with Gasteiger partial charge in [-0.1, -0.05) is 39.0 Å². The van der Waals surface area contributed by atoms with Crippen molar-refractivity contribution in [2.75, 3.05) is 19.7 Å². The van der Waals surface area contributed by atoms with Gasteiger partial charge in [0.1, 0.15) is 0 Å². The first kappa shape index (κ1) is 20.0. The van der Waals surface area contributed by atoms with Crippen LogP contribution in [0, 0.1) is 0 Å². The zero-order valence-electron chi connectivity index (χ0n) is 12.9. The third kappa shape index (κ3) is 10.7. The van der Waals surface area contributed by atoms with Crippen molar-refractivity contribution in [1.29, 1.82) is 0 Å². The molecular formula is C15H32IN3O. The Labute approximate surface area is 141 Å². The molecule has 5 heteroatoms. The number of rotatable bonds is 10. The van der Waals surface area contributed by atoms with E-state index in [1.54, 1.807) is 0 Å². The average Bonchev–Trinajstić information content (AvgIpc) is 2.91. The molecule has 1 saturated carbocycles. The van der Waals surface area contributed by atoms with E-state index in [0.29, 0.717) is 12.1 Å². The Balaban J connectivity index is 0.00000361. The monoisotopic (exact) mass is 397 g/mol. The Bertz CT molecular complexity index is 243. The van der Waals surface area contributed by atoms with Gasteiger partial charge in [-0.2, -0.15) is 0 Å². The Hall–Kier alpha value is -0.0400. The van der Waals surface area contributed by atoms with E-state index in [1.807, 2.05) is 0 Å². The van der Waals surface area contributed by atoms with Crippen molar-refractivity contribution in [3.8, 4) is 0 Å². The van der Waals surface area contributed by atoms with Gasteiger partial charge in [0, 0.05) is 19.7 Å². The molecule has 0 saturated heterocycles. The fraction of sp³-hybridized carbons (Fsp3) is 0.933. The van der Waals surface area contributed by atoms with Crippen molar-refractivity contribution in [3.05, 3.63) is 0 Å². The minimum absolute atomic E-state index is 0. The SMILES string of the molecule is CCCCCCNC(N)=NCCCOC1CCCC1.I. The van der Waals surface area contributed by atoms with Gasteiger partial charge in [-0.15, -0.1) is 24.0 Å². The fourth-order valence-corrected chi connectivity index (χ4v) is 2.39. The highest BCUT2D eigenvalue weighted by Gasteiger charge is 2.14. The molecule has 0 radical (unpaired) electrons. The number of unbranched alkanes of at least 4 members (excludes halogenated alkanes) is 3. The van der Waals surface area contributed by atoms with Crippen molar-refractivity contribution < 1.29 is 4.74 Å². The smallest absolute Gasteiger partial charge is 0.188 e. The van der Waals surface area contributed by atoms with Crippen LogP contribution in [0.5, 0.6) is 0 Å². The third-order valence-electron chi connectivity index (χ3n) is 3.58. The number of aliphatic imine (C=N–C) groups is 1. The maximum atomic E-state index is 5.79. The molecule has 0 spiro atoms. The number of nitrogens with one attached hydrogen (secondary N) is 1. The number of guanidine groups is 1. The van der Waals surface area contributed by atoms with Crippen LogP contribution in [0.4, 0.5) is 0 Å². The first-order valence-electron chi connectivity index (χ1n) is 7.98. The van der Waals surface area contributed by atoms with Crippen LogP contribution in [0.3, 0.4) is 0 Å². The van der Waals surface area contributed by atoms with Crippen LogP contribution in [0.2, 0.25) is 0 Å². The highest BCUT2D eigenvalue weighted by Crippen LogP contribution is 2.20. The van der Waals surface area contributed by atoms with E-state index in [1.165, 1.54) is 51.4 Å². The van der Waals surface area contributed by atoms with Crippen molar-refractivity contribution in [2.45, 2.75) is 70.8 Å². The summed E-state index contributed by atoms with van der Waals surface area (Å²) < 4.78 is 5.78. The predicted octanol–water partition coefficient (Wildman–Crippen LogP) is 3.44. The summed E-state index contributed by atoms with van der Waals surface area (Å²) in [5.41, 5.74) is 5.79. The molecule has 1 rings (SSSR count). The highest BCUT2D eigenvalue weighted by atomic mass is 127. The van der Waals surface area contributed by atoms with Gasteiger partial charge in [-0.3, -0.25) is 4.99 Å². The van der Waals surface area contributed by atoms with Crippen LogP contribution in [-0.2, 0) is 4.74 Å². The number of nitrogens with zero attached hydrogens (tertiary/aromatic N) is 1. The zero-order valence-corrected chi connectivity index (χ0v) is 15.2. The second-order valence-corrected chi connectivity index (χ2v) is 5.39. The summed E-state index contributed by atoms with van der Waals surface area (Å²) in [4.78, 5) is 4.31. The van der Waals surface area contributed by atoms with Gasteiger partial charge < -0.3 is 15.8 Å². The molecule has 120 valence electrons. The second-order valence-electron chi connectivity index (χ2n) is 5.39. The van der Waals surface area contributed by atoms with E-state index in [0.717, 1.165) is 26.1 Å². The number of ether oxygens (including phenoxy) is 1. The summed E-state index contributed by atoms with van der Waals surface area (Å²) in [7, 11) is 0. The van der Waals surface area contributed by atoms with E-state index in [2.05, 4.69) is 17.2 Å². The topological polar surface area (TPSA) is 59.6 Å². The van der Waals surface area contributed by atoms with Crippen molar-refractivity contribution in [1.82, 2.24) is 5.32 Å². The van der Waals surface area contributed by atoms with Crippen LogP contribution in [-0.4, -0.2) is 31.8 Å². The lowest BCUT2D eigenvalue weighted by Gasteiger charge is -2.10. The molecule has 0 atom stereocenters. The van der Waals surface area contributed by atoms with Gasteiger partial charge in [0.15, 0.2) is 5.96 Å². The van der Waals surface area contributed by atoms with Crippen LogP contribution in [0.25, 0.3) is 0 Å². The first-order valence-corrected chi connectivity index (χ1v) is 7.98. The minimum Gasteiger partial charge on any atom is -0.378 e. The van der Waals surface area contributed by atoms with Crippen LogP contribution in [0.1, 0.15) is 64.7 Å². The van der Waals surface area contributed by atoms with E-state index in [-0.39, 0.29) is 24.0 Å². The maximum absolute atomic E-state index is 5.79. The molecule has 0 aromatic carbocycles. The van der Waals surface area contributed by atoms with Crippen molar-refractivity contribution in [3.63, 3.8) is 0 Å². The fourth-order valence-electron chi connectivity index (χ4n) is 2.39. The molecule has 1 fully saturated rings. The molecule has 1 aliphatic rings. The minimum atomic E-state index is 0. The van der Waals surface area contributed by atoms with Gasteiger partial charge >= 0.3 is 0 Å². The molecule has 3 N–H and O–H groups in total. The van der Waals surface area contributed by atoms with Gasteiger partial charge in [0.2, 0.25) is 0 Å². The van der Waals surface area contributed by atoms with Gasteiger partial charge in [0.25, 0.3) is 0 Å². The quantitative estimate of drug-likeness (QED) is 0.257. The number of hydrogen-bond donors (Lipinski definition) is 2. The number of halogens is 1. The lowest BCUT2D eigenvalue weighted by molar-refractivity contribution is 0.0579. The second kappa shape index (κ2) is 13.9. The maximum Gasteiger partial charge on any atom is 0.188 e. The summed E-state index contributed by atoms with van der Waals surface area (Å²) in [5, 5.41) is 3.16. The molecular weight excluding hydrogens is 365 g/mol. The van der Waals surface area contributed by atoms with E-state index >= 15 is 0 Å².